The number of nitrogens with zero attached hydrogens (tertiary/aromatic N) is 2. The molecule has 0 aliphatic carbocycles. The number of carbonyl (C=O) groups is 1. The summed E-state index contributed by atoms with van der Waals surface area (Å²) in [5.41, 5.74) is 3.39. The van der Waals surface area contributed by atoms with Gasteiger partial charge < -0.3 is 9.64 Å². The summed E-state index contributed by atoms with van der Waals surface area (Å²) in [5.74, 6) is -0.594. The van der Waals surface area contributed by atoms with E-state index in [-0.39, 0.29) is 30.1 Å². The monoisotopic (exact) mass is 408 g/mol. The Morgan fingerprint density at radius 2 is 1.63 bits per heavy atom. The number of hydrogen-bond acceptors (Lipinski definition) is 3. The molecule has 154 valence electrons. The smallest absolute Gasteiger partial charge is 0.227 e. The maximum absolute atomic E-state index is 13.1. The zero-order chi connectivity index (χ0) is 20.9. The van der Waals surface area contributed by atoms with E-state index in [4.69, 9.17) is 9.72 Å². The van der Waals surface area contributed by atoms with Crippen LogP contribution in [0.1, 0.15) is 28.6 Å². The van der Waals surface area contributed by atoms with Gasteiger partial charge in [0.15, 0.2) is 0 Å². The molecule has 6 heteroatoms. The Bertz CT molecular complexity index is 1010. The van der Waals surface area contributed by atoms with Crippen LogP contribution >= 0.6 is 0 Å². The third-order valence-electron chi connectivity index (χ3n) is 5.14. The zero-order valence-corrected chi connectivity index (χ0v) is 16.4. The molecule has 1 fully saturated rings. The van der Waals surface area contributed by atoms with Crippen LogP contribution in [0.3, 0.4) is 0 Å². The lowest BCUT2D eigenvalue weighted by Gasteiger charge is -2.33. The van der Waals surface area contributed by atoms with Crippen LogP contribution in [-0.4, -0.2) is 35.5 Å². The van der Waals surface area contributed by atoms with Crippen molar-refractivity contribution < 1.29 is 18.3 Å². The molecule has 1 amide bonds. The second-order valence-electron chi connectivity index (χ2n) is 7.36. The van der Waals surface area contributed by atoms with Gasteiger partial charge in [0.05, 0.1) is 25.3 Å². The van der Waals surface area contributed by atoms with E-state index in [0.29, 0.717) is 26.1 Å². The van der Waals surface area contributed by atoms with E-state index in [1.54, 1.807) is 29.2 Å². The third kappa shape index (κ3) is 5.07. The molecule has 0 saturated carbocycles. The van der Waals surface area contributed by atoms with Crippen LogP contribution in [0.25, 0.3) is 0 Å². The van der Waals surface area contributed by atoms with E-state index in [1.165, 1.54) is 24.3 Å². The maximum Gasteiger partial charge on any atom is 0.227 e. The Balaban J connectivity index is 1.42. The predicted octanol–water partition coefficient (Wildman–Crippen LogP) is 4.09. The summed E-state index contributed by atoms with van der Waals surface area (Å²) in [7, 11) is 0. The highest BCUT2D eigenvalue weighted by Gasteiger charge is 2.26. The Kier molecular flexibility index (Phi) is 6.14. The van der Waals surface area contributed by atoms with E-state index >= 15 is 0 Å². The molecule has 1 aliphatic rings. The summed E-state index contributed by atoms with van der Waals surface area (Å²) in [4.78, 5) is 19.2. The van der Waals surface area contributed by atoms with Crippen LogP contribution in [0.2, 0.25) is 0 Å². The summed E-state index contributed by atoms with van der Waals surface area (Å²) in [5, 5.41) is 0. The van der Waals surface area contributed by atoms with E-state index in [1.807, 2.05) is 18.2 Å². The van der Waals surface area contributed by atoms with Crippen molar-refractivity contribution >= 4 is 5.91 Å². The Hall–Kier alpha value is -3.12. The molecule has 1 aliphatic heterocycles. The van der Waals surface area contributed by atoms with Gasteiger partial charge in [0, 0.05) is 18.7 Å². The second-order valence-corrected chi connectivity index (χ2v) is 7.36. The van der Waals surface area contributed by atoms with E-state index in [9.17, 15) is 13.6 Å². The third-order valence-corrected chi connectivity index (χ3v) is 5.14. The number of amides is 1. The van der Waals surface area contributed by atoms with Crippen molar-refractivity contribution in [3.63, 3.8) is 0 Å². The minimum Gasteiger partial charge on any atom is -0.368 e. The van der Waals surface area contributed by atoms with Crippen LogP contribution in [0.5, 0.6) is 0 Å². The van der Waals surface area contributed by atoms with Gasteiger partial charge in [0.1, 0.15) is 17.7 Å². The molecule has 4 rings (SSSR count). The number of pyridine rings is 1. The molecule has 0 N–H and O–H groups in total. The molecule has 2 heterocycles. The first-order valence-electron chi connectivity index (χ1n) is 9.91. The molecule has 3 aromatic rings. The van der Waals surface area contributed by atoms with Gasteiger partial charge in [-0.25, -0.2) is 8.78 Å². The highest BCUT2D eigenvalue weighted by atomic mass is 19.1. The van der Waals surface area contributed by atoms with Crippen molar-refractivity contribution in [1.29, 1.82) is 0 Å². The Labute approximate surface area is 174 Å². The highest BCUT2D eigenvalue weighted by molar-refractivity contribution is 5.78. The quantitative estimate of drug-likeness (QED) is 0.639. The average Bonchev–Trinajstić information content (AvgIpc) is 2.77. The number of aromatic nitrogens is 1. The summed E-state index contributed by atoms with van der Waals surface area (Å²) >= 11 is 0. The molecule has 0 radical (unpaired) electrons. The summed E-state index contributed by atoms with van der Waals surface area (Å²) in [6, 6.07) is 18.1. The van der Waals surface area contributed by atoms with Crippen molar-refractivity contribution in [2.45, 2.75) is 18.9 Å². The SMILES string of the molecule is O=C(Cc1ccc(F)cc1)N1CCO[C@@H](c2cccc(Cc3ccc(F)cc3)n2)C1. The minimum atomic E-state index is -0.316. The first-order chi connectivity index (χ1) is 14.6. The average molecular weight is 408 g/mol. The molecule has 0 bridgehead atoms. The number of hydrogen-bond donors (Lipinski definition) is 0. The van der Waals surface area contributed by atoms with E-state index in [2.05, 4.69) is 0 Å². The lowest BCUT2D eigenvalue weighted by atomic mass is 10.1. The lowest BCUT2D eigenvalue weighted by molar-refractivity contribution is -0.138. The second kappa shape index (κ2) is 9.13. The van der Waals surface area contributed by atoms with Crippen molar-refractivity contribution in [3.05, 3.63) is 101 Å². The molecule has 30 heavy (non-hydrogen) atoms. The molecular weight excluding hydrogens is 386 g/mol. The van der Waals surface area contributed by atoms with E-state index in [0.717, 1.165) is 22.5 Å². The van der Waals surface area contributed by atoms with Crippen LogP contribution in [-0.2, 0) is 22.4 Å². The van der Waals surface area contributed by atoms with Crippen molar-refractivity contribution in [2.75, 3.05) is 19.7 Å². The van der Waals surface area contributed by atoms with Gasteiger partial charge in [-0.3, -0.25) is 9.78 Å². The van der Waals surface area contributed by atoms with Gasteiger partial charge in [-0.15, -0.1) is 0 Å². The molecule has 1 aromatic heterocycles. The first-order valence-corrected chi connectivity index (χ1v) is 9.91. The Morgan fingerprint density at radius 1 is 0.967 bits per heavy atom. The molecule has 1 saturated heterocycles. The molecular formula is C24H22F2N2O2. The molecule has 0 unspecified atom stereocenters. The minimum absolute atomic E-state index is 0.0163. The summed E-state index contributed by atoms with van der Waals surface area (Å²) in [6.07, 6.45) is 0.517. The topological polar surface area (TPSA) is 42.4 Å². The largest absolute Gasteiger partial charge is 0.368 e. The number of benzene rings is 2. The van der Waals surface area contributed by atoms with Crippen molar-refractivity contribution in [1.82, 2.24) is 9.88 Å². The predicted molar refractivity (Wildman–Crippen MR) is 109 cm³/mol. The van der Waals surface area contributed by atoms with Gasteiger partial charge in [-0.05, 0) is 47.5 Å². The van der Waals surface area contributed by atoms with Crippen LogP contribution in [0, 0.1) is 11.6 Å². The van der Waals surface area contributed by atoms with Crippen LogP contribution in [0.15, 0.2) is 66.7 Å². The number of ether oxygens (including phenoxy) is 1. The molecule has 1 atom stereocenters. The Morgan fingerprint density at radius 3 is 2.33 bits per heavy atom. The molecule has 2 aromatic carbocycles. The van der Waals surface area contributed by atoms with Crippen molar-refractivity contribution in [2.24, 2.45) is 0 Å². The maximum atomic E-state index is 13.1. The number of morpholine rings is 1. The highest BCUT2D eigenvalue weighted by Crippen LogP contribution is 2.22. The zero-order valence-electron chi connectivity index (χ0n) is 16.4. The molecule has 0 spiro atoms. The van der Waals surface area contributed by atoms with Gasteiger partial charge in [0.25, 0.3) is 0 Å². The van der Waals surface area contributed by atoms with Gasteiger partial charge in [0.2, 0.25) is 5.91 Å². The van der Waals surface area contributed by atoms with Crippen LogP contribution in [0.4, 0.5) is 8.78 Å². The first kappa shape index (κ1) is 20.2. The number of carbonyl (C=O) groups excluding carboxylic acids is 1. The number of rotatable bonds is 5. The van der Waals surface area contributed by atoms with E-state index < -0.39 is 0 Å². The fourth-order valence-electron chi connectivity index (χ4n) is 3.53. The van der Waals surface area contributed by atoms with Gasteiger partial charge in [-0.1, -0.05) is 30.3 Å². The van der Waals surface area contributed by atoms with Crippen molar-refractivity contribution in [3.8, 4) is 0 Å². The fraction of sp³-hybridized carbons (Fsp3) is 0.250. The fourth-order valence-corrected chi connectivity index (χ4v) is 3.53. The lowest BCUT2D eigenvalue weighted by Crippen LogP contribution is -2.43. The molecule has 4 nitrogen and oxygen atoms in total. The summed E-state index contributed by atoms with van der Waals surface area (Å²) in [6.45, 7) is 1.38. The van der Waals surface area contributed by atoms with Gasteiger partial charge >= 0.3 is 0 Å². The summed E-state index contributed by atoms with van der Waals surface area (Å²) < 4.78 is 32.1. The normalized spacial score (nSPS) is 16.5. The standard InChI is InChI=1S/C24H22F2N2O2/c25-19-8-4-17(5-9-19)14-21-2-1-3-22(27-21)23-16-28(12-13-30-23)24(29)15-18-6-10-20(26)11-7-18/h1-11,23H,12-16H2/t23-/m1/s1. The van der Waals surface area contributed by atoms with Gasteiger partial charge in [-0.2, -0.15) is 0 Å². The van der Waals surface area contributed by atoms with Crippen LogP contribution < -0.4 is 0 Å². The number of halogens is 2.